The van der Waals surface area contributed by atoms with Gasteiger partial charge in [-0.25, -0.2) is 0 Å². The molecule has 1 nitrogen and oxygen atoms in total. The maximum absolute atomic E-state index is 10.5. The topological polar surface area (TPSA) is 20.2 Å². The minimum atomic E-state index is -0.542. The lowest BCUT2D eigenvalue weighted by molar-refractivity contribution is 0.0444. The van der Waals surface area contributed by atoms with Crippen LogP contribution in [0.2, 0.25) is 0 Å². The minimum Gasteiger partial charge on any atom is -0.385 e. The van der Waals surface area contributed by atoms with E-state index in [4.69, 9.17) is 0 Å². The molecule has 1 fully saturated rings. The molecule has 0 aromatic heterocycles. The van der Waals surface area contributed by atoms with E-state index < -0.39 is 5.60 Å². The van der Waals surface area contributed by atoms with Crippen LogP contribution in [-0.2, 0) is 5.60 Å². The molecular formula is C14H19IO. The molecule has 2 heteroatoms. The van der Waals surface area contributed by atoms with Gasteiger partial charge in [0.1, 0.15) is 0 Å². The van der Waals surface area contributed by atoms with Gasteiger partial charge in [-0.2, -0.15) is 0 Å². The Morgan fingerprint density at radius 2 is 2.06 bits per heavy atom. The van der Waals surface area contributed by atoms with E-state index in [0.717, 1.165) is 37.7 Å². The molecule has 1 aliphatic carbocycles. The van der Waals surface area contributed by atoms with Crippen LogP contribution in [0.1, 0.15) is 54.1 Å². The Kier molecular flexibility index (Phi) is 3.90. The summed E-state index contributed by atoms with van der Waals surface area (Å²) in [4.78, 5) is 0. The van der Waals surface area contributed by atoms with Gasteiger partial charge in [-0.3, -0.25) is 0 Å². The highest BCUT2D eigenvalue weighted by atomic mass is 127. The lowest BCUT2D eigenvalue weighted by atomic mass is 9.90. The molecule has 0 heterocycles. The molecule has 1 saturated carbocycles. The Morgan fingerprint density at radius 1 is 1.38 bits per heavy atom. The number of rotatable bonds is 3. The van der Waals surface area contributed by atoms with Gasteiger partial charge in [0.2, 0.25) is 0 Å². The second-order valence-corrected chi connectivity index (χ2v) is 6.24. The Balaban J connectivity index is 2.28. The average Bonchev–Trinajstić information content (AvgIpc) is 2.77. The van der Waals surface area contributed by atoms with E-state index in [1.165, 1.54) is 5.56 Å². The van der Waals surface area contributed by atoms with Crippen molar-refractivity contribution < 1.29 is 5.11 Å². The van der Waals surface area contributed by atoms with Crippen molar-refractivity contribution in [1.82, 2.24) is 0 Å². The fourth-order valence-electron chi connectivity index (χ4n) is 2.51. The third kappa shape index (κ3) is 2.43. The van der Waals surface area contributed by atoms with Crippen LogP contribution < -0.4 is 0 Å². The van der Waals surface area contributed by atoms with Crippen LogP contribution in [0.15, 0.2) is 24.3 Å². The number of alkyl halides is 1. The highest BCUT2D eigenvalue weighted by molar-refractivity contribution is 14.1. The predicted molar refractivity (Wildman–Crippen MR) is 75.9 cm³/mol. The van der Waals surface area contributed by atoms with E-state index in [9.17, 15) is 5.11 Å². The van der Waals surface area contributed by atoms with Gasteiger partial charge in [0.05, 0.1) is 5.60 Å². The predicted octanol–water partition coefficient (Wildman–Crippen LogP) is 4.33. The van der Waals surface area contributed by atoms with Crippen molar-refractivity contribution in [2.24, 2.45) is 0 Å². The van der Waals surface area contributed by atoms with Gasteiger partial charge >= 0.3 is 0 Å². The summed E-state index contributed by atoms with van der Waals surface area (Å²) in [5.74, 6) is 0. The Hall–Kier alpha value is -0.0900. The number of hydrogen-bond acceptors (Lipinski definition) is 1. The molecule has 1 unspecified atom stereocenters. The van der Waals surface area contributed by atoms with Crippen LogP contribution in [0, 0.1) is 0 Å². The molecule has 2 rings (SSSR count). The van der Waals surface area contributed by atoms with Crippen molar-refractivity contribution >= 4 is 22.6 Å². The van der Waals surface area contributed by atoms with Crippen molar-refractivity contribution in [1.29, 1.82) is 0 Å². The number of aliphatic hydroxyl groups is 1. The second-order valence-electron chi connectivity index (χ2n) is 4.74. The molecule has 0 aliphatic heterocycles. The quantitative estimate of drug-likeness (QED) is 0.646. The zero-order chi connectivity index (χ0) is 11.6. The van der Waals surface area contributed by atoms with Gasteiger partial charge in [-0.15, -0.1) is 0 Å². The summed E-state index contributed by atoms with van der Waals surface area (Å²) in [6, 6.07) is 8.53. The molecular weight excluding hydrogens is 311 g/mol. The van der Waals surface area contributed by atoms with Gasteiger partial charge in [-0.1, -0.05) is 66.6 Å². The van der Waals surface area contributed by atoms with Crippen molar-refractivity contribution in [3.8, 4) is 0 Å². The molecule has 1 aromatic carbocycles. The summed E-state index contributed by atoms with van der Waals surface area (Å²) in [5, 5.41) is 10.5. The van der Waals surface area contributed by atoms with E-state index >= 15 is 0 Å². The molecule has 16 heavy (non-hydrogen) atoms. The molecule has 1 aliphatic rings. The fraction of sp³-hybridized carbons (Fsp3) is 0.571. The summed E-state index contributed by atoms with van der Waals surface area (Å²) in [7, 11) is 0. The lowest BCUT2D eigenvalue weighted by Gasteiger charge is -2.23. The summed E-state index contributed by atoms with van der Waals surface area (Å²) in [6.07, 6.45) is 5.30. The van der Waals surface area contributed by atoms with E-state index in [1.54, 1.807) is 0 Å². The first-order chi connectivity index (χ1) is 7.65. The monoisotopic (exact) mass is 330 g/mol. The number of hydrogen-bond donors (Lipinski definition) is 1. The van der Waals surface area contributed by atoms with Crippen LogP contribution in [0.25, 0.3) is 0 Å². The zero-order valence-corrected chi connectivity index (χ0v) is 11.9. The highest BCUT2D eigenvalue weighted by Gasteiger charge is 2.33. The Bertz CT molecular complexity index is 356. The van der Waals surface area contributed by atoms with Gasteiger partial charge in [0.25, 0.3) is 0 Å². The molecule has 1 N–H and O–H groups in total. The normalized spacial score (nSPS) is 20.9. The molecule has 0 amide bonds. The first kappa shape index (κ1) is 12.4. The van der Waals surface area contributed by atoms with Gasteiger partial charge in [0, 0.05) is 3.92 Å². The fourth-order valence-corrected chi connectivity index (χ4v) is 2.89. The van der Waals surface area contributed by atoms with Gasteiger partial charge in [0.15, 0.2) is 0 Å². The number of benzene rings is 1. The van der Waals surface area contributed by atoms with Crippen LogP contribution in [-0.4, -0.2) is 5.11 Å². The van der Waals surface area contributed by atoms with E-state index in [0.29, 0.717) is 3.92 Å². The summed E-state index contributed by atoms with van der Waals surface area (Å²) < 4.78 is 0.558. The van der Waals surface area contributed by atoms with Gasteiger partial charge < -0.3 is 5.11 Å². The average molecular weight is 330 g/mol. The second kappa shape index (κ2) is 5.05. The van der Waals surface area contributed by atoms with Crippen LogP contribution in [0.4, 0.5) is 0 Å². The third-order valence-electron chi connectivity index (χ3n) is 3.57. The van der Waals surface area contributed by atoms with E-state index in [-0.39, 0.29) is 0 Å². The lowest BCUT2D eigenvalue weighted by Crippen LogP contribution is -2.20. The summed E-state index contributed by atoms with van der Waals surface area (Å²) >= 11 is 2.47. The molecule has 1 atom stereocenters. The molecule has 0 saturated heterocycles. The Morgan fingerprint density at radius 3 is 2.69 bits per heavy atom. The SMILES string of the molecule is CCC(I)c1cccc(C2(O)CCCC2)c1. The molecule has 0 radical (unpaired) electrons. The molecule has 0 spiro atoms. The minimum absolute atomic E-state index is 0.542. The standard InChI is InChI=1S/C14H19IO/c1-2-13(15)11-6-5-7-12(10-11)14(16)8-3-4-9-14/h5-7,10,13,16H,2-4,8-9H2,1H3. The zero-order valence-electron chi connectivity index (χ0n) is 9.75. The van der Waals surface area contributed by atoms with Crippen molar-refractivity contribution in [3.05, 3.63) is 35.4 Å². The summed E-state index contributed by atoms with van der Waals surface area (Å²) in [6.45, 7) is 2.20. The van der Waals surface area contributed by atoms with Gasteiger partial charge in [-0.05, 0) is 30.4 Å². The molecule has 88 valence electrons. The molecule has 1 aromatic rings. The third-order valence-corrected chi connectivity index (χ3v) is 5.17. The first-order valence-electron chi connectivity index (χ1n) is 6.12. The van der Waals surface area contributed by atoms with Crippen molar-refractivity contribution in [3.63, 3.8) is 0 Å². The maximum Gasteiger partial charge on any atom is 0.0896 e. The highest BCUT2D eigenvalue weighted by Crippen LogP contribution is 2.39. The van der Waals surface area contributed by atoms with Crippen molar-refractivity contribution in [2.45, 2.75) is 48.6 Å². The van der Waals surface area contributed by atoms with Crippen LogP contribution >= 0.6 is 22.6 Å². The molecule has 0 bridgehead atoms. The van der Waals surface area contributed by atoms with E-state index in [1.807, 2.05) is 0 Å². The summed E-state index contributed by atoms with van der Waals surface area (Å²) in [5.41, 5.74) is 1.93. The smallest absolute Gasteiger partial charge is 0.0896 e. The van der Waals surface area contributed by atoms with E-state index in [2.05, 4.69) is 53.8 Å². The number of halogens is 1. The van der Waals surface area contributed by atoms with Crippen molar-refractivity contribution in [2.75, 3.05) is 0 Å². The van der Waals surface area contributed by atoms with Crippen LogP contribution in [0.3, 0.4) is 0 Å². The van der Waals surface area contributed by atoms with Crippen LogP contribution in [0.5, 0.6) is 0 Å². The largest absolute Gasteiger partial charge is 0.385 e. The maximum atomic E-state index is 10.5. The Labute approximate surface area is 111 Å². The first-order valence-corrected chi connectivity index (χ1v) is 7.37.